The van der Waals surface area contributed by atoms with Crippen molar-refractivity contribution in [2.24, 2.45) is 0 Å². The summed E-state index contributed by atoms with van der Waals surface area (Å²) in [6, 6.07) is 10.6. The zero-order chi connectivity index (χ0) is 20.3. The lowest BCUT2D eigenvalue weighted by molar-refractivity contribution is -0.895. The van der Waals surface area contributed by atoms with E-state index in [-0.39, 0.29) is 23.2 Å². The highest BCUT2D eigenvalue weighted by Crippen LogP contribution is 2.18. The van der Waals surface area contributed by atoms with Gasteiger partial charge in [-0.3, -0.25) is 4.79 Å². The molecule has 28 heavy (non-hydrogen) atoms. The van der Waals surface area contributed by atoms with Gasteiger partial charge in [0.2, 0.25) is 10.0 Å². The Hall–Kier alpha value is -2.00. The van der Waals surface area contributed by atoms with Crippen molar-refractivity contribution in [2.45, 2.75) is 11.8 Å². The number of halogens is 2. The highest BCUT2D eigenvalue weighted by Gasteiger charge is 2.31. The van der Waals surface area contributed by atoms with Gasteiger partial charge in [-0.2, -0.15) is 4.31 Å². The van der Waals surface area contributed by atoms with Crippen LogP contribution in [0.1, 0.15) is 5.56 Å². The van der Waals surface area contributed by atoms with Crippen molar-refractivity contribution >= 4 is 33.2 Å². The summed E-state index contributed by atoms with van der Waals surface area (Å²) in [6.07, 6.45) is 0. The Bertz CT molecular complexity index is 959. The van der Waals surface area contributed by atoms with Gasteiger partial charge in [-0.15, -0.1) is 0 Å². The molecule has 1 saturated heterocycles. The van der Waals surface area contributed by atoms with E-state index in [1.165, 1.54) is 22.5 Å². The lowest BCUT2D eigenvalue weighted by Gasteiger charge is -2.31. The summed E-state index contributed by atoms with van der Waals surface area (Å²) in [7, 11) is -3.57. The molecule has 0 radical (unpaired) electrons. The minimum atomic E-state index is -3.57. The fraction of sp³-hybridized carbons (Fsp3) is 0.316. The molecule has 9 heteroatoms. The number of sulfonamides is 1. The monoisotopic (exact) mass is 426 g/mol. The largest absolute Gasteiger partial charge is 0.325 e. The maximum atomic E-state index is 13.6. The van der Waals surface area contributed by atoms with E-state index < -0.39 is 10.0 Å². The van der Waals surface area contributed by atoms with Gasteiger partial charge >= 0.3 is 0 Å². The maximum absolute atomic E-state index is 13.6. The number of hydrogen-bond donors (Lipinski definition) is 2. The number of carbonyl (C=O) groups excluding carboxylic acids is 1. The Morgan fingerprint density at radius 3 is 2.43 bits per heavy atom. The van der Waals surface area contributed by atoms with Crippen LogP contribution in [0.4, 0.5) is 10.1 Å². The van der Waals surface area contributed by atoms with E-state index in [2.05, 4.69) is 5.32 Å². The number of nitrogens with zero attached hydrogens (tertiary/aromatic N) is 1. The second-order valence-electron chi connectivity index (χ2n) is 6.80. The molecule has 1 aliphatic rings. The van der Waals surface area contributed by atoms with Crippen molar-refractivity contribution in [3.8, 4) is 0 Å². The quantitative estimate of drug-likeness (QED) is 0.757. The lowest BCUT2D eigenvalue weighted by atomic mass is 10.2. The molecule has 6 nitrogen and oxygen atoms in total. The van der Waals surface area contributed by atoms with E-state index >= 15 is 0 Å². The number of quaternary nitrogens is 1. The Kier molecular flexibility index (Phi) is 6.34. The van der Waals surface area contributed by atoms with Crippen LogP contribution < -0.4 is 10.2 Å². The first-order valence-corrected chi connectivity index (χ1v) is 10.7. The number of carbonyl (C=O) groups is 1. The molecule has 3 rings (SSSR count). The van der Waals surface area contributed by atoms with Gasteiger partial charge in [-0.25, -0.2) is 12.8 Å². The molecule has 0 saturated carbocycles. The Morgan fingerprint density at radius 1 is 1.18 bits per heavy atom. The molecule has 0 bridgehead atoms. The number of aryl methyl sites for hydroxylation is 1. The first kappa shape index (κ1) is 20.7. The molecule has 0 atom stereocenters. The summed E-state index contributed by atoms with van der Waals surface area (Å²) in [4.78, 5) is 13.4. The lowest BCUT2D eigenvalue weighted by Crippen LogP contribution is -3.15. The van der Waals surface area contributed by atoms with Crippen LogP contribution in [-0.2, 0) is 14.8 Å². The van der Waals surface area contributed by atoms with Gasteiger partial charge in [-0.05, 0) is 48.9 Å². The van der Waals surface area contributed by atoms with Gasteiger partial charge in [0.1, 0.15) is 5.82 Å². The molecular formula is C19H22ClFN3O3S+. The van der Waals surface area contributed by atoms with Gasteiger partial charge in [0.25, 0.3) is 5.91 Å². The van der Waals surface area contributed by atoms with E-state index in [0.29, 0.717) is 42.5 Å². The molecule has 150 valence electrons. The summed E-state index contributed by atoms with van der Waals surface area (Å²) in [5.41, 5.74) is 0.929. The van der Waals surface area contributed by atoms with Crippen molar-refractivity contribution in [3.63, 3.8) is 0 Å². The number of nitrogens with one attached hydrogen (secondary N) is 2. The SMILES string of the molecule is Cc1ccc(NC(=O)C[NH+]2CCN(S(=O)(=O)c3ccc(Cl)cc3)CC2)cc1F. The van der Waals surface area contributed by atoms with Gasteiger partial charge in [-0.1, -0.05) is 17.7 Å². The normalized spacial score (nSPS) is 16.1. The minimum Gasteiger partial charge on any atom is -0.325 e. The zero-order valence-electron chi connectivity index (χ0n) is 15.4. The highest BCUT2D eigenvalue weighted by molar-refractivity contribution is 7.89. The van der Waals surface area contributed by atoms with E-state index in [1.807, 2.05) is 0 Å². The Labute approximate surface area is 168 Å². The summed E-state index contributed by atoms with van der Waals surface area (Å²) in [5.74, 6) is -0.599. The second kappa shape index (κ2) is 8.57. The van der Waals surface area contributed by atoms with Crippen molar-refractivity contribution in [3.05, 3.63) is 58.9 Å². The van der Waals surface area contributed by atoms with Gasteiger partial charge < -0.3 is 10.2 Å². The molecule has 2 aromatic carbocycles. The summed E-state index contributed by atoms with van der Waals surface area (Å²) < 4.78 is 40.4. The summed E-state index contributed by atoms with van der Waals surface area (Å²) >= 11 is 5.82. The molecule has 1 fully saturated rings. The predicted octanol–water partition coefficient (Wildman–Crippen LogP) is 1.32. The second-order valence-corrected chi connectivity index (χ2v) is 9.17. The van der Waals surface area contributed by atoms with Crippen LogP contribution in [-0.4, -0.2) is 51.4 Å². The van der Waals surface area contributed by atoms with E-state index in [4.69, 9.17) is 11.6 Å². The van der Waals surface area contributed by atoms with Crippen LogP contribution in [0.5, 0.6) is 0 Å². The number of hydrogen-bond acceptors (Lipinski definition) is 3. The fourth-order valence-electron chi connectivity index (χ4n) is 3.08. The summed E-state index contributed by atoms with van der Waals surface area (Å²) in [5, 5.41) is 3.17. The topological polar surface area (TPSA) is 70.9 Å². The van der Waals surface area contributed by atoms with Crippen LogP contribution >= 0.6 is 11.6 Å². The molecule has 0 unspecified atom stereocenters. The Balaban J connectivity index is 1.54. The smallest absolute Gasteiger partial charge is 0.279 e. The number of piperazine rings is 1. The van der Waals surface area contributed by atoms with Crippen LogP contribution in [0.3, 0.4) is 0 Å². The first-order valence-electron chi connectivity index (χ1n) is 8.91. The van der Waals surface area contributed by atoms with Crippen LogP contribution in [0.15, 0.2) is 47.4 Å². The van der Waals surface area contributed by atoms with Crippen molar-refractivity contribution in [2.75, 3.05) is 38.0 Å². The minimum absolute atomic E-state index is 0.199. The average molecular weight is 427 g/mol. The molecular weight excluding hydrogens is 405 g/mol. The first-order chi connectivity index (χ1) is 13.3. The standard InChI is InChI=1S/C19H21ClFN3O3S/c1-14-2-5-16(12-18(14)21)22-19(25)13-23-8-10-24(11-9-23)28(26,27)17-6-3-15(20)4-7-17/h2-7,12H,8-11,13H2,1H3,(H,22,25)/p+1. The third-order valence-electron chi connectivity index (χ3n) is 4.75. The molecule has 1 heterocycles. The molecule has 1 amide bonds. The molecule has 0 aliphatic carbocycles. The van der Waals surface area contributed by atoms with Gasteiger partial charge in [0, 0.05) is 10.7 Å². The maximum Gasteiger partial charge on any atom is 0.279 e. The zero-order valence-corrected chi connectivity index (χ0v) is 17.0. The van der Waals surface area contributed by atoms with Crippen molar-refractivity contribution in [1.29, 1.82) is 0 Å². The van der Waals surface area contributed by atoms with Crippen LogP contribution in [0, 0.1) is 12.7 Å². The average Bonchev–Trinajstić information content (AvgIpc) is 2.65. The third kappa shape index (κ3) is 4.88. The highest BCUT2D eigenvalue weighted by atomic mass is 35.5. The number of amides is 1. The van der Waals surface area contributed by atoms with E-state index in [1.54, 1.807) is 31.2 Å². The number of anilines is 1. The third-order valence-corrected chi connectivity index (χ3v) is 6.91. The predicted molar refractivity (Wildman–Crippen MR) is 106 cm³/mol. The van der Waals surface area contributed by atoms with E-state index in [9.17, 15) is 17.6 Å². The van der Waals surface area contributed by atoms with Crippen LogP contribution in [0.2, 0.25) is 5.02 Å². The van der Waals surface area contributed by atoms with Crippen molar-refractivity contribution in [1.82, 2.24) is 4.31 Å². The number of rotatable bonds is 5. The molecule has 0 aromatic heterocycles. The fourth-order valence-corrected chi connectivity index (χ4v) is 4.65. The molecule has 2 aromatic rings. The summed E-state index contributed by atoms with van der Waals surface area (Å²) in [6.45, 7) is 3.54. The van der Waals surface area contributed by atoms with Gasteiger partial charge in [0.15, 0.2) is 6.54 Å². The number of benzene rings is 2. The van der Waals surface area contributed by atoms with E-state index in [0.717, 1.165) is 4.90 Å². The van der Waals surface area contributed by atoms with Gasteiger partial charge in [0.05, 0.1) is 31.1 Å². The van der Waals surface area contributed by atoms with Crippen LogP contribution in [0.25, 0.3) is 0 Å². The Morgan fingerprint density at radius 2 is 1.82 bits per heavy atom. The molecule has 0 spiro atoms. The molecule has 2 N–H and O–H groups in total. The molecule has 1 aliphatic heterocycles. The van der Waals surface area contributed by atoms with Crippen molar-refractivity contribution < 1.29 is 22.5 Å².